The summed E-state index contributed by atoms with van der Waals surface area (Å²) in [5, 5.41) is 0. The number of fused-ring (bicyclic) bond motifs is 3. The number of hydrogen-bond donors (Lipinski definition) is 0. The average Bonchev–Trinajstić information content (AvgIpc) is 2.87. The van der Waals surface area contributed by atoms with Crippen molar-refractivity contribution >= 4 is 5.70 Å². The molecule has 0 bridgehead atoms. The van der Waals surface area contributed by atoms with Crippen molar-refractivity contribution in [3.63, 3.8) is 0 Å². The monoisotopic (exact) mass is 245 g/mol. The molecule has 0 spiro atoms. The maximum absolute atomic E-state index is 2.49. The molecule has 1 heteroatoms. The van der Waals surface area contributed by atoms with Crippen molar-refractivity contribution in [3.8, 4) is 0 Å². The van der Waals surface area contributed by atoms with E-state index in [0.717, 1.165) is 6.54 Å². The first kappa shape index (κ1) is 10.6. The molecule has 1 unspecified atom stereocenters. The molecule has 2 heterocycles. The van der Waals surface area contributed by atoms with Crippen LogP contribution in [0.3, 0.4) is 0 Å². The van der Waals surface area contributed by atoms with Crippen LogP contribution in [0.2, 0.25) is 0 Å². The van der Waals surface area contributed by atoms with E-state index in [1.54, 1.807) is 0 Å². The predicted molar refractivity (Wildman–Crippen MR) is 78.3 cm³/mol. The Morgan fingerprint density at radius 3 is 2.58 bits per heavy atom. The average molecular weight is 245 g/mol. The van der Waals surface area contributed by atoms with Crippen molar-refractivity contribution in [2.75, 3.05) is 0 Å². The van der Waals surface area contributed by atoms with Crippen molar-refractivity contribution in [1.82, 2.24) is 4.90 Å². The molecule has 2 aromatic rings. The van der Waals surface area contributed by atoms with Crippen molar-refractivity contribution in [3.05, 3.63) is 89.5 Å². The van der Waals surface area contributed by atoms with Crippen LogP contribution in [0.5, 0.6) is 0 Å². The second kappa shape index (κ2) is 4.13. The van der Waals surface area contributed by atoms with Gasteiger partial charge in [0.25, 0.3) is 0 Å². The molecule has 0 saturated carbocycles. The third kappa shape index (κ3) is 1.62. The van der Waals surface area contributed by atoms with Gasteiger partial charge in [0.05, 0.1) is 6.04 Å². The molecule has 0 aromatic heterocycles. The highest BCUT2D eigenvalue weighted by Gasteiger charge is 2.31. The van der Waals surface area contributed by atoms with Gasteiger partial charge in [0, 0.05) is 12.2 Å². The minimum Gasteiger partial charge on any atom is -0.356 e. The summed E-state index contributed by atoms with van der Waals surface area (Å²) < 4.78 is 0. The van der Waals surface area contributed by atoms with E-state index in [-0.39, 0.29) is 0 Å². The van der Waals surface area contributed by atoms with E-state index < -0.39 is 0 Å². The molecular weight excluding hydrogens is 230 g/mol. The minimum absolute atomic E-state index is 0.399. The number of rotatable bonds is 1. The molecule has 92 valence electrons. The van der Waals surface area contributed by atoms with Crippen molar-refractivity contribution < 1.29 is 0 Å². The molecule has 4 rings (SSSR count). The van der Waals surface area contributed by atoms with Gasteiger partial charge in [-0.05, 0) is 22.8 Å². The Hall–Kier alpha value is -2.28. The van der Waals surface area contributed by atoms with Gasteiger partial charge in [-0.2, -0.15) is 0 Å². The van der Waals surface area contributed by atoms with Gasteiger partial charge < -0.3 is 4.90 Å². The fourth-order valence-electron chi connectivity index (χ4n) is 3.08. The van der Waals surface area contributed by atoms with E-state index >= 15 is 0 Å². The zero-order valence-electron chi connectivity index (χ0n) is 10.7. The van der Waals surface area contributed by atoms with Crippen molar-refractivity contribution in [1.29, 1.82) is 0 Å². The lowest BCUT2D eigenvalue weighted by atomic mass is 10.0. The molecule has 1 nitrogen and oxygen atoms in total. The molecule has 0 N–H and O–H groups in total. The van der Waals surface area contributed by atoms with Crippen LogP contribution >= 0.6 is 0 Å². The molecule has 0 radical (unpaired) electrons. The largest absolute Gasteiger partial charge is 0.356 e. The maximum atomic E-state index is 2.49. The summed E-state index contributed by atoms with van der Waals surface area (Å²) in [6, 6.07) is 19.8. The zero-order valence-corrected chi connectivity index (χ0v) is 10.7. The Labute approximate surface area is 113 Å². The fourth-order valence-corrected chi connectivity index (χ4v) is 3.08. The molecule has 0 fully saturated rings. The van der Waals surface area contributed by atoms with Crippen LogP contribution in [0.15, 0.2) is 72.8 Å². The van der Waals surface area contributed by atoms with Crippen LogP contribution in [0.1, 0.15) is 22.7 Å². The van der Waals surface area contributed by atoms with E-state index in [0.29, 0.717) is 6.04 Å². The standard InChI is InChI=1S/C18H15N/c1-2-7-14(8-3-1)17-11-6-12-18-16-10-5-4-9-15(16)13-19(17)18/h1-12,18H,13H2. The maximum Gasteiger partial charge on any atom is 0.0736 e. The van der Waals surface area contributed by atoms with Crippen LogP contribution < -0.4 is 0 Å². The zero-order chi connectivity index (χ0) is 12.7. The van der Waals surface area contributed by atoms with Crippen LogP contribution in [-0.4, -0.2) is 4.90 Å². The van der Waals surface area contributed by atoms with Gasteiger partial charge in [-0.1, -0.05) is 66.7 Å². The lowest BCUT2D eigenvalue weighted by Crippen LogP contribution is -2.21. The summed E-state index contributed by atoms with van der Waals surface area (Å²) >= 11 is 0. The molecule has 2 aliphatic rings. The quantitative estimate of drug-likeness (QED) is 0.729. The number of nitrogens with zero attached hydrogens (tertiary/aromatic N) is 1. The van der Waals surface area contributed by atoms with Gasteiger partial charge in [0.2, 0.25) is 0 Å². The Kier molecular flexibility index (Phi) is 2.31. The molecule has 19 heavy (non-hydrogen) atoms. The number of benzene rings is 2. The molecule has 0 aliphatic carbocycles. The topological polar surface area (TPSA) is 3.24 Å². The van der Waals surface area contributed by atoms with Gasteiger partial charge in [0.1, 0.15) is 0 Å². The van der Waals surface area contributed by atoms with Gasteiger partial charge in [-0.3, -0.25) is 0 Å². The van der Waals surface area contributed by atoms with Gasteiger partial charge in [0.15, 0.2) is 0 Å². The highest BCUT2D eigenvalue weighted by Crippen LogP contribution is 2.41. The lowest BCUT2D eigenvalue weighted by Gasteiger charge is -2.30. The third-order valence-corrected chi connectivity index (χ3v) is 3.98. The van der Waals surface area contributed by atoms with Gasteiger partial charge in [-0.15, -0.1) is 0 Å². The van der Waals surface area contributed by atoms with E-state index in [1.165, 1.54) is 22.4 Å². The SMILES string of the molecule is C1=CC2c3ccccc3CN2C(c2ccccc2)=C1. The van der Waals surface area contributed by atoms with Crippen LogP contribution in [0, 0.1) is 0 Å². The molecule has 2 aromatic carbocycles. The Morgan fingerprint density at radius 1 is 0.895 bits per heavy atom. The second-order valence-corrected chi connectivity index (χ2v) is 5.07. The first-order valence-corrected chi connectivity index (χ1v) is 6.72. The molecular formula is C18H15N. The van der Waals surface area contributed by atoms with Crippen LogP contribution in [-0.2, 0) is 6.54 Å². The smallest absolute Gasteiger partial charge is 0.0736 e. The van der Waals surface area contributed by atoms with Gasteiger partial charge >= 0.3 is 0 Å². The molecule has 0 saturated heterocycles. The highest BCUT2D eigenvalue weighted by atomic mass is 15.2. The highest BCUT2D eigenvalue weighted by molar-refractivity contribution is 5.69. The van der Waals surface area contributed by atoms with Crippen LogP contribution in [0.4, 0.5) is 0 Å². The summed E-state index contributed by atoms with van der Waals surface area (Å²) in [5.74, 6) is 0. The van der Waals surface area contributed by atoms with E-state index in [9.17, 15) is 0 Å². The second-order valence-electron chi connectivity index (χ2n) is 5.07. The van der Waals surface area contributed by atoms with Crippen molar-refractivity contribution in [2.24, 2.45) is 0 Å². The van der Waals surface area contributed by atoms with Crippen LogP contribution in [0.25, 0.3) is 5.70 Å². The van der Waals surface area contributed by atoms with E-state index in [1.807, 2.05) is 0 Å². The van der Waals surface area contributed by atoms with E-state index in [4.69, 9.17) is 0 Å². The fraction of sp³-hybridized carbons (Fsp3) is 0.111. The molecule has 0 amide bonds. The van der Waals surface area contributed by atoms with E-state index in [2.05, 4.69) is 77.7 Å². The summed E-state index contributed by atoms with van der Waals surface area (Å²) in [5.41, 5.74) is 5.51. The first-order valence-electron chi connectivity index (χ1n) is 6.72. The Balaban J connectivity index is 1.79. The normalized spacial score (nSPS) is 19.9. The van der Waals surface area contributed by atoms with Gasteiger partial charge in [-0.25, -0.2) is 0 Å². The summed E-state index contributed by atoms with van der Waals surface area (Å²) in [4.78, 5) is 2.49. The molecule has 2 aliphatic heterocycles. The molecule has 1 atom stereocenters. The number of hydrogen-bond acceptors (Lipinski definition) is 1. The summed E-state index contributed by atoms with van der Waals surface area (Å²) in [6.45, 7) is 1.01. The van der Waals surface area contributed by atoms with Crippen molar-refractivity contribution in [2.45, 2.75) is 12.6 Å². The summed E-state index contributed by atoms with van der Waals surface area (Å²) in [6.07, 6.45) is 6.70. The first-order chi connectivity index (χ1) is 9.43. The summed E-state index contributed by atoms with van der Waals surface area (Å²) in [7, 11) is 0. The number of allylic oxidation sites excluding steroid dienone is 2. The minimum atomic E-state index is 0.399. The Morgan fingerprint density at radius 2 is 1.68 bits per heavy atom. The predicted octanol–water partition coefficient (Wildman–Crippen LogP) is 4.15. The Bertz CT molecular complexity index is 667. The third-order valence-electron chi connectivity index (χ3n) is 3.98. The lowest BCUT2D eigenvalue weighted by molar-refractivity contribution is 0.372.